The van der Waals surface area contributed by atoms with Crippen LogP contribution in [0.4, 0.5) is 0 Å². The molecule has 0 saturated carbocycles. The summed E-state index contributed by atoms with van der Waals surface area (Å²) in [5.74, 6) is 0.558. The van der Waals surface area contributed by atoms with Crippen molar-refractivity contribution >= 4 is 11.6 Å². The molecule has 2 aromatic rings. The fraction of sp³-hybridized carbons (Fsp3) is 0.467. The molecule has 1 saturated heterocycles. The highest BCUT2D eigenvalue weighted by Gasteiger charge is 2.21. The number of imidazole rings is 1. The maximum absolute atomic E-state index is 12.1. The van der Waals surface area contributed by atoms with Gasteiger partial charge in [-0.2, -0.15) is 0 Å². The average molecular weight is 289 g/mol. The smallest absolute Gasteiger partial charge is 0.260 e. The molecular weight excluding hydrogens is 270 g/mol. The minimum atomic E-state index is -0.281. The zero-order valence-electron chi connectivity index (χ0n) is 12.0. The summed E-state index contributed by atoms with van der Waals surface area (Å²) in [4.78, 5) is 18.2. The Labute approximate surface area is 123 Å². The molecule has 0 spiro atoms. The van der Waals surface area contributed by atoms with Crippen LogP contribution < -0.4 is 4.74 Å². The minimum absolute atomic E-state index is 0.00166. The Morgan fingerprint density at radius 2 is 2.24 bits per heavy atom. The number of aliphatic hydroxyl groups excluding tert-OH is 1. The summed E-state index contributed by atoms with van der Waals surface area (Å²) in [6.45, 7) is 3.11. The number of hydrogen-bond donors (Lipinski definition) is 1. The molecular formula is C15H19N3O3. The van der Waals surface area contributed by atoms with Crippen LogP contribution in [0.3, 0.4) is 0 Å². The fourth-order valence-corrected chi connectivity index (χ4v) is 2.57. The zero-order valence-corrected chi connectivity index (χ0v) is 12.0. The summed E-state index contributed by atoms with van der Waals surface area (Å²) in [5.41, 5.74) is 1.62. The summed E-state index contributed by atoms with van der Waals surface area (Å²) in [6, 6.07) is 3.68. The maximum atomic E-state index is 12.1. The molecule has 0 unspecified atom stereocenters. The number of fused-ring (bicyclic) bond motifs is 1. The number of piperidine rings is 1. The lowest BCUT2D eigenvalue weighted by Crippen LogP contribution is -2.42. The van der Waals surface area contributed by atoms with Crippen LogP contribution in [0.25, 0.3) is 5.65 Å². The second-order valence-corrected chi connectivity index (χ2v) is 5.39. The van der Waals surface area contributed by atoms with Crippen molar-refractivity contribution in [1.29, 1.82) is 0 Å². The van der Waals surface area contributed by atoms with Gasteiger partial charge in [0.15, 0.2) is 18.0 Å². The Kier molecular flexibility index (Phi) is 3.79. The molecule has 0 radical (unpaired) electrons. The number of carbonyl (C=O) groups is 1. The molecule has 6 heteroatoms. The molecule has 21 heavy (non-hydrogen) atoms. The van der Waals surface area contributed by atoms with E-state index in [1.165, 1.54) is 0 Å². The van der Waals surface area contributed by atoms with Crippen molar-refractivity contribution in [2.24, 2.45) is 0 Å². The van der Waals surface area contributed by atoms with Gasteiger partial charge in [0.05, 0.1) is 11.8 Å². The Hall–Kier alpha value is -2.08. The molecule has 3 heterocycles. The number of nitrogens with zero attached hydrogens (tertiary/aromatic N) is 3. The fourth-order valence-electron chi connectivity index (χ4n) is 2.57. The van der Waals surface area contributed by atoms with Gasteiger partial charge in [0.2, 0.25) is 0 Å². The molecule has 2 aromatic heterocycles. The monoisotopic (exact) mass is 289 g/mol. The van der Waals surface area contributed by atoms with Gasteiger partial charge >= 0.3 is 0 Å². The van der Waals surface area contributed by atoms with Gasteiger partial charge in [-0.1, -0.05) is 0 Å². The highest BCUT2D eigenvalue weighted by Crippen LogP contribution is 2.19. The highest BCUT2D eigenvalue weighted by atomic mass is 16.5. The van der Waals surface area contributed by atoms with Crippen molar-refractivity contribution in [3.05, 3.63) is 30.2 Å². The SMILES string of the molecule is Cc1cn2cccc(OCC(=O)N3CCC(O)CC3)c2n1. The van der Waals surface area contributed by atoms with Crippen molar-refractivity contribution in [2.45, 2.75) is 25.9 Å². The van der Waals surface area contributed by atoms with E-state index in [0.29, 0.717) is 31.7 Å². The Morgan fingerprint density at radius 1 is 1.48 bits per heavy atom. The molecule has 1 aliphatic heterocycles. The van der Waals surface area contributed by atoms with Crippen molar-refractivity contribution in [2.75, 3.05) is 19.7 Å². The van der Waals surface area contributed by atoms with Crippen molar-refractivity contribution in [3.63, 3.8) is 0 Å². The van der Waals surface area contributed by atoms with E-state index in [4.69, 9.17) is 4.74 Å². The van der Waals surface area contributed by atoms with Crippen molar-refractivity contribution < 1.29 is 14.6 Å². The predicted molar refractivity (Wildman–Crippen MR) is 77.2 cm³/mol. The lowest BCUT2D eigenvalue weighted by molar-refractivity contribution is -0.135. The minimum Gasteiger partial charge on any atom is -0.480 e. The second kappa shape index (κ2) is 5.73. The third kappa shape index (κ3) is 3.00. The molecule has 0 aliphatic carbocycles. The zero-order chi connectivity index (χ0) is 14.8. The molecule has 3 rings (SSSR count). The third-order valence-electron chi connectivity index (χ3n) is 3.74. The van der Waals surface area contributed by atoms with Gasteiger partial charge in [-0.05, 0) is 31.9 Å². The van der Waals surface area contributed by atoms with E-state index in [0.717, 1.165) is 11.3 Å². The van der Waals surface area contributed by atoms with Gasteiger partial charge in [0.25, 0.3) is 5.91 Å². The third-order valence-corrected chi connectivity index (χ3v) is 3.74. The van der Waals surface area contributed by atoms with Crippen LogP contribution in [-0.4, -0.2) is 51.1 Å². The number of hydrogen-bond acceptors (Lipinski definition) is 4. The van der Waals surface area contributed by atoms with Crippen LogP contribution in [0.5, 0.6) is 5.75 Å². The van der Waals surface area contributed by atoms with Crippen molar-refractivity contribution in [3.8, 4) is 5.75 Å². The van der Waals surface area contributed by atoms with Gasteiger partial charge in [-0.15, -0.1) is 0 Å². The molecule has 1 aliphatic rings. The number of carbonyl (C=O) groups excluding carboxylic acids is 1. The molecule has 6 nitrogen and oxygen atoms in total. The summed E-state index contributed by atoms with van der Waals surface area (Å²) in [6.07, 6.45) is 4.81. The van der Waals surface area contributed by atoms with E-state index in [9.17, 15) is 9.90 Å². The topological polar surface area (TPSA) is 67.1 Å². The number of rotatable bonds is 3. The summed E-state index contributed by atoms with van der Waals surface area (Å²) >= 11 is 0. The quantitative estimate of drug-likeness (QED) is 0.915. The number of ether oxygens (including phenoxy) is 1. The van der Waals surface area contributed by atoms with Gasteiger partial charge in [-0.3, -0.25) is 4.79 Å². The van der Waals surface area contributed by atoms with E-state index in [2.05, 4.69) is 4.98 Å². The van der Waals surface area contributed by atoms with E-state index in [-0.39, 0.29) is 18.6 Å². The Bertz CT molecular complexity index is 645. The molecule has 0 atom stereocenters. The van der Waals surface area contributed by atoms with Gasteiger partial charge in [0.1, 0.15) is 0 Å². The predicted octanol–water partition coefficient (Wildman–Crippen LogP) is 1.00. The first-order valence-electron chi connectivity index (χ1n) is 7.16. The van der Waals surface area contributed by atoms with Gasteiger partial charge in [-0.25, -0.2) is 4.98 Å². The average Bonchev–Trinajstić information content (AvgIpc) is 2.86. The number of aromatic nitrogens is 2. The van der Waals surface area contributed by atoms with E-state index in [1.807, 2.05) is 35.9 Å². The lowest BCUT2D eigenvalue weighted by atomic mass is 10.1. The molecule has 0 bridgehead atoms. The molecule has 1 fully saturated rings. The lowest BCUT2D eigenvalue weighted by Gasteiger charge is -2.29. The number of likely N-dealkylation sites (tertiary alicyclic amines) is 1. The first kappa shape index (κ1) is 13.9. The van der Waals surface area contributed by atoms with E-state index in [1.54, 1.807) is 4.90 Å². The largest absolute Gasteiger partial charge is 0.480 e. The Morgan fingerprint density at radius 3 is 3.00 bits per heavy atom. The first-order chi connectivity index (χ1) is 10.1. The van der Waals surface area contributed by atoms with Crippen LogP contribution in [0.2, 0.25) is 0 Å². The van der Waals surface area contributed by atoms with Gasteiger partial charge in [0, 0.05) is 25.5 Å². The van der Waals surface area contributed by atoms with Crippen molar-refractivity contribution in [1.82, 2.24) is 14.3 Å². The van der Waals surface area contributed by atoms with Crippen LogP contribution in [0, 0.1) is 6.92 Å². The van der Waals surface area contributed by atoms with E-state index >= 15 is 0 Å². The summed E-state index contributed by atoms with van der Waals surface area (Å²) in [7, 11) is 0. The highest BCUT2D eigenvalue weighted by molar-refractivity contribution is 5.78. The molecule has 1 N–H and O–H groups in total. The van der Waals surface area contributed by atoms with Crippen LogP contribution >= 0.6 is 0 Å². The van der Waals surface area contributed by atoms with E-state index < -0.39 is 0 Å². The number of aliphatic hydroxyl groups is 1. The second-order valence-electron chi connectivity index (χ2n) is 5.39. The first-order valence-corrected chi connectivity index (χ1v) is 7.16. The summed E-state index contributed by atoms with van der Waals surface area (Å²) < 4.78 is 7.52. The number of aryl methyl sites for hydroxylation is 1. The standard InChI is InChI=1S/C15H19N3O3/c1-11-9-18-6-2-3-13(15(18)16-11)21-10-14(20)17-7-4-12(19)5-8-17/h2-3,6,9,12,19H,4-5,7-8,10H2,1H3. The molecule has 0 aromatic carbocycles. The van der Waals surface area contributed by atoms with Crippen LogP contribution in [-0.2, 0) is 4.79 Å². The number of pyridine rings is 1. The maximum Gasteiger partial charge on any atom is 0.260 e. The van der Waals surface area contributed by atoms with Crippen LogP contribution in [0.15, 0.2) is 24.5 Å². The van der Waals surface area contributed by atoms with Crippen LogP contribution in [0.1, 0.15) is 18.5 Å². The molecule has 1 amide bonds. The van der Waals surface area contributed by atoms with Gasteiger partial charge < -0.3 is 19.1 Å². The number of amides is 1. The Balaban J connectivity index is 1.65. The summed E-state index contributed by atoms with van der Waals surface area (Å²) in [5, 5.41) is 9.46. The molecule has 112 valence electrons. The normalized spacial score (nSPS) is 16.4.